The number of ether oxygens (including phenoxy) is 1. The van der Waals surface area contributed by atoms with Gasteiger partial charge in [0.15, 0.2) is 0 Å². The molecule has 0 bridgehead atoms. The number of nitrogen functional groups attached to an aromatic ring is 1. The van der Waals surface area contributed by atoms with Crippen molar-refractivity contribution in [1.82, 2.24) is 5.32 Å². The fourth-order valence-corrected chi connectivity index (χ4v) is 1.38. The van der Waals surface area contributed by atoms with Gasteiger partial charge in [0.25, 0.3) is 5.91 Å². The lowest BCUT2D eigenvalue weighted by molar-refractivity contribution is -0.173. The van der Waals surface area contributed by atoms with Gasteiger partial charge in [-0.15, -0.1) is 0 Å². The van der Waals surface area contributed by atoms with Gasteiger partial charge in [-0.1, -0.05) is 6.07 Å². The first kappa shape index (κ1) is 16.2. The number of rotatable bonds is 6. The van der Waals surface area contributed by atoms with E-state index >= 15 is 0 Å². The zero-order valence-corrected chi connectivity index (χ0v) is 10.3. The predicted octanol–water partition coefficient (Wildman–Crippen LogP) is 1.42. The first-order valence-corrected chi connectivity index (χ1v) is 5.53. The molecule has 5 nitrogen and oxygen atoms in total. The van der Waals surface area contributed by atoms with Gasteiger partial charge < -0.3 is 15.5 Å². The minimum absolute atomic E-state index is 0.0525. The average molecular weight is 295 g/mol. The maximum atomic E-state index is 13.3. The molecule has 112 valence electrons. The highest BCUT2D eigenvalue weighted by atomic mass is 19.4. The Balaban J connectivity index is 2.46. The molecule has 0 heterocycles. The van der Waals surface area contributed by atoms with Gasteiger partial charge in [-0.2, -0.15) is 13.2 Å². The van der Waals surface area contributed by atoms with Crippen LogP contribution in [0.1, 0.15) is 10.4 Å². The Kier molecular flexibility index (Phi) is 5.71. The van der Waals surface area contributed by atoms with E-state index in [4.69, 9.17) is 5.84 Å². The first-order valence-electron chi connectivity index (χ1n) is 5.53. The molecular formula is C11H13F4N3O2. The number of para-hydroxylation sites is 1. The number of hydrogen-bond donors (Lipinski definition) is 3. The molecule has 20 heavy (non-hydrogen) atoms. The third-order valence-electron chi connectivity index (χ3n) is 2.20. The van der Waals surface area contributed by atoms with Gasteiger partial charge in [0, 0.05) is 6.54 Å². The van der Waals surface area contributed by atoms with E-state index in [0.717, 1.165) is 6.07 Å². The van der Waals surface area contributed by atoms with Crippen LogP contribution in [0.25, 0.3) is 0 Å². The highest BCUT2D eigenvalue weighted by Crippen LogP contribution is 2.18. The van der Waals surface area contributed by atoms with Crippen LogP contribution in [0.5, 0.6) is 0 Å². The molecule has 1 aromatic carbocycles. The van der Waals surface area contributed by atoms with E-state index in [1.807, 2.05) is 0 Å². The normalized spacial score (nSPS) is 11.2. The Hall–Kier alpha value is -1.87. The molecule has 0 aliphatic rings. The van der Waals surface area contributed by atoms with Crippen molar-refractivity contribution >= 4 is 11.6 Å². The molecule has 0 unspecified atom stereocenters. The maximum Gasteiger partial charge on any atom is 0.411 e. The standard InChI is InChI=1S/C11H13F4N3O2/c12-8-3-1-2-7(9(8)18-16)10(19)17-4-5-20-6-11(13,14)15/h1-3,18H,4-6,16H2,(H,17,19). The Labute approximate surface area is 112 Å². The number of benzene rings is 1. The molecule has 0 atom stereocenters. The summed E-state index contributed by atoms with van der Waals surface area (Å²) < 4.78 is 52.9. The smallest absolute Gasteiger partial charge is 0.370 e. The molecule has 0 spiro atoms. The predicted molar refractivity (Wildman–Crippen MR) is 63.4 cm³/mol. The highest BCUT2D eigenvalue weighted by Gasteiger charge is 2.27. The fourth-order valence-electron chi connectivity index (χ4n) is 1.38. The number of hydrogen-bond acceptors (Lipinski definition) is 4. The van der Waals surface area contributed by atoms with Gasteiger partial charge in [0.05, 0.1) is 17.9 Å². The summed E-state index contributed by atoms with van der Waals surface area (Å²) in [5.41, 5.74) is 1.80. The second-order valence-electron chi connectivity index (χ2n) is 3.73. The molecule has 1 aromatic rings. The largest absolute Gasteiger partial charge is 0.411 e. The number of halogens is 4. The van der Waals surface area contributed by atoms with E-state index in [0.29, 0.717) is 0 Å². The Morgan fingerprint density at radius 3 is 2.65 bits per heavy atom. The molecule has 0 fully saturated rings. The summed E-state index contributed by atoms with van der Waals surface area (Å²) in [4.78, 5) is 11.7. The molecule has 0 aliphatic carbocycles. The van der Waals surface area contributed by atoms with Crippen LogP contribution in [-0.2, 0) is 4.74 Å². The van der Waals surface area contributed by atoms with Crippen LogP contribution < -0.4 is 16.6 Å². The molecule has 9 heteroatoms. The molecule has 0 aliphatic heterocycles. The molecule has 0 aromatic heterocycles. The van der Waals surface area contributed by atoms with Crippen molar-refractivity contribution in [2.45, 2.75) is 6.18 Å². The third-order valence-corrected chi connectivity index (χ3v) is 2.20. The van der Waals surface area contributed by atoms with Crippen LogP contribution in [0.4, 0.5) is 23.2 Å². The van der Waals surface area contributed by atoms with Gasteiger partial charge >= 0.3 is 6.18 Å². The summed E-state index contributed by atoms with van der Waals surface area (Å²) in [6.45, 7) is -1.85. The van der Waals surface area contributed by atoms with E-state index in [-0.39, 0.29) is 24.4 Å². The van der Waals surface area contributed by atoms with E-state index < -0.39 is 24.5 Å². The average Bonchev–Trinajstić information content (AvgIpc) is 2.36. The lowest BCUT2D eigenvalue weighted by atomic mass is 10.1. The molecule has 4 N–H and O–H groups in total. The number of carbonyl (C=O) groups excluding carboxylic acids is 1. The number of carbonyl (C=O) groups is 1. The van der Waals surface area contributed by atoms with Gasteiger partial charge in [-0.05, 0) is 12.1 Å². The third kappa shape index (κ3) is 5.02. The number of nitrogens with one attached hydrogen (secondary N) is 2. The zero-order chi connectivity index (χ0) is 15.2. The molecule has 1 amide bonds. The van der Waals surface area contributed by atoms with Crippen molar-refractivity contribution in [3.8, 4) is 0 Å². The van der Waals surface area contributed by atoms with Gasteiger partial charge in [0.1, 0.15) is 12.4 Å². The van der Waals surface area contributed by atoms with E-state index in [1.54, 1.807) is 0 Å². The summed E-state index contributed by atoms with van der Waals surface area (Å²) in [5, 5.41) is 2.29. The SMILES string of the molecule is NNc1c(F)cccc1C(=O)NCCOCC(F)(F)F. The van der Waals surface area contributed by atoms with Crippen molar-refractivity contribution in [3.63, 3.8) is 0 Å². The second-order valence-corrected chi connectivity index (χ2v) is 3.73. The van der Waals surface area contributed by atoms with Crippen LogP contribution in [0.2, 0.25) is 0 Å². The lowest BCUT2D eigenvalue weighted by Crippen LogP contribution is -2.30. The van der Waals surface area contributed by atoms with Crippen molar-refractivity contribution in [2.24, 2.45) is 5.84 Å². The number of alkyl halides is 3. The lowest BCUT2D eigenvalue weighted by Gasteiger charge is -2.11. The van der Waals surface area contributed by atoms with E-state index in [2.05, 4.69) is 15.5 Å². The Bertz CT molecular complexity index is 465. The molecular weight excluding hydrogens is 282 g/mol. The zero-order valence-electron chi connectivity index (χ0n) is 10.3. The van der Waals surface area contributed by atoms with Gasteiger partial charge in [-0.25, -0.2) is 4.39 Å². The minimum atomic E-state index is -4.41. The number of anilines is 1. The summed E-state index contributed by atoms with van der Waals surface area (Å²) in [5.74, 6) is 3.71. The van der Waals surface area contributed by atoms with Crippen LogP contribution in [-0.4, -0.2) is 31.8 Å². The van der Waals surface area contributed by atoms with Crippen molar-refractivity contribution in [2.75, 3.05) is 25.2 Å². The first-order chi connectivity index (χ1) is 9.35. The van der Waals surface area contributed by atoms with Crippen molar-refractivity contribution < 1.29 is 27.1 Å². The van der Waals surface area contributed by atoms with Crippen molar-refractivity contribution in [3.05, 3.63) is 29.6 Å². The topological polar surface area (TPSA) is 76.4 Å². The summed E-state index contributed by atoms with van der Waals surface area (Å²) in [6, 6.07) is 3.74. The summed E-state index contributed by atoms with van der Waals surface area (Å²) >= 11 is 0. The summed E-state index contributed by atoms with van der Waals surface area (Å²) in [6.07, 6.45) is -4.41. The molecule has 0 saturated heterocycles. The Morgan fingerprint density at radius 1 is 1.35 bits per heavy atom. The fraction of sp³-hybridized carbons (Fsp3) is 0.364. The number of nitrogens with two attached hydrogens (primary N) is 1. The van der Waals surface area contributed by atoms with E-state index in [9.17, 15) is 22.4 Å². The van der Waals surface area contributed by atoms with Crippen LogP contribution in [0.15, 0.2) is 18.2 Å². The molecule has 0 saturated carbocycles. The molecule has 1 rings (SSSR count). The van der Waals surface area contributed by atoms with Crippen LogP contribution >= 0.6 is 0 Å². The van der Waals surface area contributed by atoms with E-state index in [1.165, 1.54) is 12.1 Å². The Morgan fingerprint density at radius 2 is 2.05 bits per heavy atom. The number of hydrazine groups is 1. The van der Waals surface area contributed by atoms with Crippen LogP contribution in [0, 0.1) is 5.82 Å². The maximum absolute atomic E-state index is 13.3. The van der Waals surface area contributed by atoms with Gasteiger partial charge in [-0.3, -0.25) is 10.6 Å². The highest BCUT2D eigenvalue weighted by molar-refractivity contribution is 5.99. The van der Waals surface area contributed by atoms with Gasteiger partial charge in [0.2, 0.25) is 0 Å². The minimum Gasteiger partial charge on any atom is -0.370 e. The summed E-state index contributed by atoms with van der Waals surface area (Å²) in [7, 11) is 0. The monoisotopic (exact) mass is 295 g/mol. The second kappa shape index (κ2) is 7.06. The molecule has 0 radical (unpaired) electrons. The van der Waals surface area contributed by atoms with Crippen molar-refractivity contribution in [1.29, 1.82) is 0 Å². The quantitative estimate of drug-likeness (QED) is 0.321. The number of amides is 1. The van der Waals surface area contributed by atoms with Crippen LogP contribution in [0.3, 0.4) is 0 Å².